The molecular formula is C9H7ClO2. The molecule has 1 aliphatic heterocycles. The lowest BCUT2D eigenvalue weighted by Crippen LogP contribution is -1.93. The molecule has 0 spiro atoms. The molecule has 1 aromatic rings. The molecule has 1 atom stereocenters. The highest BCUT2D eigenvalue weighted by molar-refractivity contribution is 6.30. The Bertz CT molecular complexity index is 346. The molecule has 62 valence electrons. The highest BCUT2D eigenvalue weighted by Gasteiger charge is 2.25. The third-order valence-electron chi connectivity index (χ3n) is 1.81. The molecule has 0 saturated carbocycles. The summed E-state index contributed by atoms with van der Waals surface area (Å²) in [5.74, 6) is 0.990. The Balaban J connectivity index is 2.55. The topological polar surface area (TPSA) is 29.5 Å². The fourth-order valence-electron chi connectivity index (χ4n) is 1.20. The molecule has 2 nitrogen and oxygen atoms in total. The van der Waals surface area contributed by atoms with Gasteiger partial charge in [0, 0.05) is 10.6 Å². The number of aliphatic hydroxyl groups excluding tert-OH is 1. The van der Waals surface area contributed by atoms with E-state index < -0.39 is 6.10 Å². The monoisotopic (exact) mass is 182 g/mol. The highest BCUT2D eigenvalue weighted by Crippen LogP contribution is 2.39. The van der Waals surface area contributed by atoms with Crippen LogP contribution in [0.2, 0.25) is 5.02 Å². The summed E-state index contributed by atoms with van der Waals surface area (Å²) in [5, 5.41) is 10.1. The summed E-state index contributed by atoms with van der Waals surface area (Å²) in [4.78, 5) is 0. The van der Waals surface area contributed by atoms with Crippen molar-refractivity contribution in [1.82, 2.24) is 0 Å². The quantitative estimate of drug-likeness (QED) is 0.667. The van der Waals surface area contributed by atoms with Gasteiger partial charge >= 0.3 is 0 Å². The lowest BCUT2D eigenvalue weighted by Gasteiger charge is -1.99. The summed E-state index contributed by atoms with van der Waals surface area (Å²) in [6.45, 7) is 3.56. The Morgan fingerprint density at radius 2 is 2.25 bits per heavy atom. The van der Waals surface area contributed by atoms with E-state index in [4.69, 9.17) is 16.3 Å². The summed E-state index contributed by atoms with van der Waals surface area (Å²) in [6, 6.07) is 5.12. The second-order valence-corrected chi connectivity index (χ2v) is 3.09. The van der Waals surface area contributed by atoms with Gasteiger partial charge in [0.1, 0.15) is 17.6 Å². The molecule has 0 aliphatic carbocycles. The largest absolute Gasteiger partial charge is 0.459 e. The Morgan fingerprint density at radius 1 is 1.50 bits per heavy atom. The maximum absolute atomic E-state index is 9.49. The lowest BCUT2D eigenvalue weighted by molar-refractivity contribution is 0.192. The van der Waals surface area contributed by atoms with Crippen molar-refractivity contribution in [2.24, 2.45) is 0 Å². The number of rotatable bonds is 0. The molecular weight excluding hydrogens is 176 g/mol. The maximum atomic E-state index is 9.49. The fraction of sp³-hybridized carbons (Fsp3) is 0.111. The first-order chi connectivity index (χ1) is 5.68. The molecule has 1 unspecified atom stereocenters. The van der Waals surface area contributed by atoms with Crippen LogP contribution in [0.3, 0.4) is 0 Å². The molecule has 1 aromatic carbocycles. The van der Waals surface area contributed by atoms with Crippen molar-refractivity contribution in [3.05, 3.63) is 41.1 Å². The van der Waals surface area contributed by atoms with E-state index in [1.165, 1.54) is 0 Å². The molecule has 12 heavy (non-hydrogen) atoms. The van der Waals surface area contributed by atoms with Gasteiger partial charge in [0.25, 0.3) is 0 Å². The predicted octanol–water partition coefficient (Wildman–Crippen LogP) is 2.28. The van der Waals surface area contributed by atoms with Crippen molar-refractivity contribution in [1.29, 1.82) is 0 Å². The van der Waals surface area contributed by atoms with E-state index in [9.17, 15) is 5.11 Å². The molecule has 0 fully saturated rings. The minimum absolute atomic E-state index is 0.354. The van der Waals surface area contributed by atoms with E-state index in [1.54, 1.807) is 18.2 Å². The van der Waals surface area contributed by atoms with Crippen LogP contribution >= 0.6 is 11.6 Å². The minimum atomic E-state index is -0.737. The van der Waals surface area contributed by atoms with Gasteiger partial charge in [-0.3, -0.25) is 0 Å². The highest BCUT2D eigenvalue weighted by atomic mass is 35.5. The van der Waals surface area contributed by atoms with Crippen LogP contribution in [0, 0.1) is 0 Å². The first kappa shape index (κ1) is 7.65. The normalized spacial score (nSPS) is 20.5. The number of aliphatic hydroxyl groups is 1. The average Bonchev–Trinajstić information content (AvgIpc) is 2.31. The van der Waals surface area contributed by atoms with Gasteiger partial charge in [-0.1, -0.05) is 18.2 Å². The van der Waals surface area contributed by atoms with Crippen molar-refractivity contribution >= 4 is 11.6 Å². The smallest absolute Gasteiger partial charge is 0.140 e. The summed E-state index contributed by atoms with van der Waals surface area (Å²) in [5.41, 5.74) is 0.688. The first-order valence-electron chi connectivity index (χ1n) is 3.52. The fourth-order valence-corrected chi connectivity index (χ4v) is 1.38. The van der Waals surface area contributed by atoms with Crippen LogP contribution in [-0.4, -0.2) is 5.11 Å². The van der Waals surface area contributed by atoms with E-state index >= 15 is 0 Å². The van der Waals surface area contributed by atoms with Crippen LogP contribution in [-0.2, 0) is 0 Å². The van der Waals surface area contributed by atoms with E-state index in [1.807, 2.05) is 0 Å². The van der Waals surface area contributed by atoms with Gasteiger partial charge < -0.3 is 9.84 Å². The van der Waals surface area contributed by atoms with Crippen LogP contribution in [0.25, 0.3) is 0 Å². The Hall–Kier alpha value is -0.990. The molecule has 0 radical (unpaired) electrons. The van der Waals surface area contributed by atoms with Gasteiger partial charge in [0.2, 0.25) is 0 Å². The minimum Gasteiger partial charge on any atom is -0.459 e. The number of fused-ring (bicyclic) bond motifs is 1. The van der Waals surface area contributed by atoms with E-state index in [0.29, 0.717) is 22.1 Å². The number of hydrogen-bond acceptors (Lipinski definition) is 2. The zero-order valence-corrected chi connectivity index (χ0v) is 7.01. The molecule has 1 heterocycles. The molecule has 1 aliphatic rings. The number of halogens is 1. The molecule has 1 N–H and O–H groups in total. The summed E-state index contributed by atoms with van der Waals surface area (Å²) >= 11 is 5.74. The van der Waals surface area contributed by atoms with Crippen LogP contribution in [0.4, 0.5) is 0 Å². The van der Waals surface area contributed by atoms with Crippen LogP contribution in [0.1, 0.15) is 11.7 Å². The zero-order valence-electron chi connectivity index (χ0n) is 6.25. The van der Waals surface area contributed by atoms with E-state index in [2.05, 4.69) is 6.58 Å². The molecule has 0 saturated heterocycles. The molecule has 0 amide bonds. The van der Waals surface area contributed by atoms with Crippen molar-refractivity contribution < 1.29 is 9.84 Å². The summed E-state index contributed by atoms with van der Waals surface area (Å²) < 4.78 is 5.17. The van der Waals surface area contributed by atoms with E-state index in [-0.39, 0.29) is 0 Å². The summed E-state index contributed by atoms with van der Waals surface area (Å²) in [7, 11) is 0. The van der Waals surface area contributed by atoms with Crippen LogP contribution in [0.15, 0.2) is 30.5 Å². The van der Waals surface area contributed by atoms with Crippen LogP contribution in [0.5, 0.6) is 5.75 Å². The molecule has 2 rings (SSSR count). The second kappa shape index (κ2) is 2.51. The van der Waals surface area contributed by atoms with Gasteiger partial charge in [-0.15, -0.1) is 0 Å². The van der Waals surface area contributed by atoms with Crippen LogP contribution < -0.4 is 4.74 Å². The molecule has 3 heteroatoms. The predicted molar refractivity (Wildman–Crippen MR) is 46.2 cm³/mol. The number of ether oxygens (including phenoxy) is 1. The SMILES string of the molecule is C=C1Oc2ccc(Cl)cc2C1O. The molecule has 0 aromatic heterocycles. The lowest BCUT2D eigenvalue weighted by atomic mass is 10.1. The third-order valence-corrected chi connectivity index (χ3v) is 2.05. The van der Waals surface area contributed by atoms with Gasteiger partial charge in [0.15, 0.2) is 0 Å². The Labute approximate surface area is 75.0 Å². The average molecular weight is 183 g/mol. The van der Waals surface area contributed by atoms with Gasteiger partial charge in [-0.2, -0.15) is 0 Å². The Morgan fingerprint density at radius 3 is 3.00 bits per heavy atom. The number of hydrogen-bond donors (Lipinski definition) is 1. The molecule has 0 bridgehead atoms. The Kier molecular flexibility index (Phi) is 1.60. The zero-order chi connectivity index (χ0) is 8.72. The van der Waals surface area contributed by atoms with Gasteiger partial charge in [0.05, 0.1) is 0 Å². The van der Waals surface area contributed by atoms with Crippen molar-refractivity contribution in [2.45, 2.75) is 6.10 Å². The van der Waals surface area contributed by atoms with Crippen molar-refractivity contribution in [2.75, 3.05) is 0 Å². The maximum Gasteiger partial charge on any atom is 0.140 e. The third kappa shape index (κ3) is 1.00. The number of benzene rings is 1. The van der Waals surface area contributed by atoms with Crippen molar-refractivity contribution in [3.8, 4) is 5.75 Å². The van der Waals surface area contributed by atoms with Crippen molar-refractivity contribution in [3.63, 3.8) is 0 Å². The summed E-state index contributed by atoms with van der Waals surface area (Å²) in [6.07, 6.45) is -0.737. The van der Waals surface area contributed by atoms with E-state index in [0.717, 1.165) is 0 Å². The second-order valence-electron chi connectivity index (χ2n) is 2.65. The first-order valence-corrected chi connectivity index (χ1v) is 3.90. The standard InChI is InChI=1S/C9H7ClO2/c1-5-9(11)7-4-6(10)2-3-8(7)12-5/h2-4,9,11H,1H2. The van der Waals surface area contributed by atoms with Gasteiger partial charge in [-0.25, -0.2) is 0 Å². The van der Waals surface area contributed by atoms with Gasteiger partial charge in [-0.05, 0) is 18.2 Å².